The number of nitrogens with one attached hydrogen (secondary N) is 1. The number of hydrogen-bond acceptors (Lipinski definition) is 2. The second-order valence-electron chi connectivity index (χ2n) is 3.85. The summed E-state index contributed by atoms with van der Waals surface area (Å²) >= 11 is 2.92. The van der Waals surface area contributed by atoms with E-state index in [4.69, 9.17) is 0 Å². The Morgan fingerprint density at radius 1 is 1.19 bits per heavy atom. The quantitative estimate of drug-likeness (QED) is 0.803. The van der Waals surface area contributed by atoms with Crippen molar-refractivity contribution in [3.63, 3.8) is 0 Å². The summed E-state index contributed by atoms with van der Waals surface area (Å²) in [6, 6.07) is 2.51. The minimum absolute atomic E-state index is 0.152. The van der Waals surface area contributed by atoms with Crippen LogP contribution in [0, 0.1) is 0 Å². The molecular formula is C11H8BrF6NO2. The second kappa shape index (κ2) is 6.65. The Morgan fingerprint density at radius 2 is 1.81 bits per heavy atom. The Morgan fingerprint density at radius 3 is 2.33 bits per heavy atom. The van der Waals surface area contributed by atoms with Crippen LogP contribution in [0.2, 0.25) is 0 Å². The standard InChI is InChI=1S/C11H8BrF6NO2/c12-7-2-1-6(11(16,17)18)3-8(7)19-9(20)4-21-5-10(13,14)15/h1-3H,4-5H2,(H,19,20). The first-order chi connectivity index (χ1) is 9.49. The molecular weight excluding hydrogens is 372 g/mol. The summed E-state index contributed by atoms with van der Waals surface area (Å²) in [5, 5.41) is 2.03. The Bertz CT molecular complexity index is 514. The molecule has 0 saturated carbocycles. The number of benzene rings is 1. The van der Waals surface area contributed by atoms with Gasteiger partial charge >= 0.3 is 12.4 Å². The molecule has 0 aliphatic carbocycles. The number of ether oxygens (including phenoxy) is 1. The Hall–Kier alpha value is -1.29. The van der Waals surface area contributed by atoms with E-state index in [1.807, 2.05) is 5.32 Å². The normalized spacial score (nSPS) is 12.3. The molecule has 3 nitrogen and oxygen atoms in total. The topological polar surface area (TPSA) is 38.3 Å². The van der Waals surface area contributed by atoms with Crippen LogP contribution in [0.4, 0.5) is 32.0 Å². The van der Waals surface area contributed by atoms with E-state index in [-0.39, 0.29) is 10.2 Å². The molecule has 1 N–H and O–H groups in total. The molecule has 21 heavy (non-hydrogen) atoms. The fourth-order valence-corrected chi connectivity index (χ4v) is 1.59. The van der Waals surface area contributed by atoms with Crippen LogP contribution in [0.3, 0.4) is 0 Å². The van der Waals surface area contributed by atoms with Crippen molar-refractivity contribution < 1.29 is 35.9 Å². The molecule has 0 aliphatic rings. The van der Waals surface area contributed by atoms with E-state index in [0.29, 0.717) is 6.07 Å². The molecule has 0 unspecified atom stereocenters. The maximum absolute atomic E-state index is 12.5. The Labute approximate surface area is 123 Å². The minimum atomic E-state index is -4.60. The monoisotopic (exact) mass is 379 g/mol. The average molecular weight is 380 g/mol. The summed E-state index contributed by atoms with van der Waals surface area (Å²) in [4.78, 5) is 11.3. The third-order valence-electron chi connectivity index (χ3n) is 2.07. The molecule has 1 aromatic carbocycles. The van der Waals surface area contributed by atoms with Gasteiger partial charge in [-0.05, 0) is 34.1 Å². The first kappa shape index (κ1) is 17.8. The third-order valence-corrected chi connectivity index (χ3v) is 2.76. The highest BCUT2D eigenvalue weighted by atomic mass is 79.9. The van der Waals surface area contributed by atoms with E-state index >= 15 is 0 Å². The van der Waals surface area contributed by atoms with E-state index < -0.39 is 37.0 Å². The van der Waals surface area contributed by atoms with E-state index in [0.717, 1.165) is 12.1 Å². The van der Waals surface area contributed by atoms with Crippen LogP contribution in [0.15, 0.2) is 22.7 Å². The lowest BCUT2D eigenvalue weighted by molar-refractivity contribution is -0.174. The van der Waals surface area contributed by atoms with Crippen molar-refractivity contribution in [2.45, 2.75) is 12.4 Å². The van der Waals surface area contributed by atoms with Crippen molar-refractivity contribution in [2.75, 3.05) is 18.5 Å². The van der Waals surface area contributed by atoms with Gasteiger partial charge in [-0.25, -0.2) is 0 Å². The summed E-state index contributed by atoms with van der Waals surface area (Å²) in [5.74, 6) is -1.00. The van der Waals surface area contributed by atoms with Crippen molar-refractivity contribution in [1.82, 2.24) is 0 Å². The molecule has 0 saturated heterocycles. The van der Waals surface area contributed by atoms with Gasteiger partial charge in [-0.3, -0.25) is 4.79 Å². The molecule has 1 aromatic rings. The number of rotatable bonds is 4. The predicted octanol–water partition coefficient (Wildman–Crippen LogP) is 3.99. The van der Waals surface area contributed by atoms with Gasteiger partial charge in [0.25, 0.3) is 0 Å². The lowest BCUT2D eigenvalue weighted by Gasteiger charge is -2.12. The van der Waals surface area contributed by atoms with Gasteiger partial charge in [0.2, 0.25) is 5.91 Å². The summed E-state index contributed by atoms with van der Waals surface area (Å²) < 4.78 is 77.1. The van der Waals surface area contributed by atoms with Crippen LogP contribution < -0.4 is 5.32 Å². The molecule has 118 valence electrons. The van der Waals surface area contributed by atoms with Crippen molar-refractivity contribution in [3.8, 4) is 0 Å². The maximum atomic E-state index is 12.5. The molecule has 0 aromatic heterocycles. The highest BCUT2D eigenvalue weighted by Crippen LogP contribution is 2.33. The number of amides is 1. The number of anilines is 1. The van der Waals surface area contributed by atoms with Crippen LogP contribution in [-0.4, -0.2) is 25.3 Å². The van der Waals surface area contributed by atoms with Gasteiger partial charge in [0.15, 0.2) is 0 Å². The van der Waals surface area contributed by atoms with E-state index in [1.165, 1.54) is 0 Å². The molecule has 0 radical (unpaired) electrons. The smallest absolute Gasteiger partial charge is 0.362 e. The fourth-order valence-electron chi connectivity index (χ4n) is 1.24. The molecule has 0 spiro atoms. The number of halogens is 7. The van der Waals surface area contributed by atoms with E-state index in [2.05, 4.69) is 20.7 Å². The zero-order chi connectivity index (χ0) is 16.3. The molecule has 1 amide bonds. The van der Waals surface area contributed by atoms with Crippen molar-refractivity contribution in [2.24, 2.45) is 0 Å². The maximum Gasteiger partial charge on any atom is 0.416 e. The summed E-state index contributed by atoms with van der Waals surface area (Å²) in [6.45, 7) is -2.55. The van der Waals surface area contributed by atoms with Gasteiger partial charge in [-0.2, -0.15) is 26.3 Å². The Balaban J connectivity index is 2.68. The molecule has 0 aliphatic heterocycles. The van der Waals surface area contributed by atoms with Crippen LogP contribution in [0.25, 0.3) is 0 Å². The second-order valence-corrected chi connectivity index (χ2v) is 4.70. The lowest BCUT2D eigenvalue weighted by Crippen LogP contribution is -2.24. The molecule has 0 bridgehead atoms. The highest BCUT2D eigenvalue weighted by Gasteiger charge is 2.31. The zero-order valence-corrected chi connectivity index (χ0v) is 11.7. The first-order valence-electron chi connectivity index (χ1n) is 5.30. The van der Waals surface area contributed by atoms with Gasteiger partial charge in [-0.15, -0.1) is 0 Å². The van der Waals surface area contributed by atoms with Crippen molar-refractivity contribution >= 4 is 27.5 Å². The van der Waals surface area contributed by atoms with E-state index in [1.54, 1.807) is 0 Å². The molecule has 10 heteroatoms. The average Bonchev–Trinajstić information content (AvgIpc) is 2.28. The SMILES string of the molecule is O=C(COCC(F)(F)F)Nc1cc(C(F)(F)F)ccc1Br. The lowest BCUT2D eigenvalue weighted by atomic mass is 10.2. The minimum Gasteiger partial charge on any atom is -0.362 e. The first-order valence-corrected chi connectivity index (χ1v) is 6.09. The fraction of sp³-hybridized carbons (Fsp3) is 0.364. The predicted molar refractivity (Wildman–Crippen MR) is 64.6 cm³/mol. The Kier molecular flexibility index (Phi) is 5.62. The number of alkyl halides is 6. The number of carbonyl (C=O) groups is 1. The van der Waals surface area contributed by atoms with Crippen LogP contribution in [-0.2, 0) is 15.7 Å². The van der Waals surface area contributed by atoms with Crippen LogP contribution >= 0.6 is 15.9 Å². The zero-order valence-electron chi connectivity index (χ0n) is 10.1. The van der Waals surface area contributed by atoms with Crippen LogP contribution in [0.1, 0.15) is 5.56 Å². The highest BCUT2D eigenvalue weighted by molar-refractivity contribution is 9.10. The molecule has 0 atom stereocenters. The molecule has 1 rings (SSSR count). The summed E-state index contributed by atoms with van der Waals surface area (Å²) in [6.07, 6.45) is -9.19. The van der Waals surface area contributed by atoms with Gasteiger partial charge < -0.3 is 10.1 Å². The van der Waals surface area contributed by atoms with Crippen LogP contribution in [0.5, 0.6) is 0 Å². The van der Waals surface area contributed by atoms with Crippen molar-refractivity contribution in [3.05, 3.63) is 28.2 Å². The summed E-state index contributed by atoms with van der Waals surface area (Å²) in [5.41, 5.74) is -1.22. The number of carbonyl (C=O) groups excluding carboxylic acids is 1. The van der Waals surface area contributed by atoms with E-state index in [9.17, 15) is 31.1 Å². The van der Waals surface area contributed by atoms with Gasteiger partial charge in [-0.1, -0.05) is 0 Å². The third kappa shape index (κ3) is 6.34. The van der Waals surface area contributed by atoms with Gasteiger partial charge in [0.1, 0.15) is 13.2 Å². The number of hydrogen-bond donors (Lipinski definition) is 1. The van der Waals surface area contributed by atoms with Gasteiger partial charge in [0, 0.05) is 4.47 Å². The van der Waals surface area contributed by atoms with Crippen molar-refractivity contribution in [1.29, 1.82) is 0 Å². The molecule has 0 heterocycles. The van der Waals surface area contributed by atoms with Gasteiger partial charge in [0.05, 0.1) is 11.3 Å². The molecule has 0 fully saturated rings. The largest absolute Gasteiger partial charge is 0.416 e. The summed E-state index contributed by atoms with van der Waals surface area (Å²) in [7, 11) is 0.